The van der Waals surface area contributed by atoms with E-state index >= 15 is 0 Å². The number of benzene rings is 1. The Labute approximate surface area is 193 Å². The van der Waals surface area contributed by atoms with E-state index in [9.17, 15) is 0 Å². The number of piperidine rings is 1. The van der Waals surface area contributed by atoms with Crippen molar-refractivity contribution in [1.29, 1.82) is 0 Å². The van der Waals surface area contributed by atoms with E-state index in [-0.39, 0.29) is 24.6 Å². The summed E-state index contributed by atoms with van der Waals surface area (Å²) in [6.07, 6.45) is 3.46. The molecule has 1 aromatic rings. The predicted molar refractivity (Wildman–Crippen MR) is 125 cm³/mol. The summed E-state index contributed by atoms with van der Waals surface area (Å²) in [5.74, 6) is 8.94. The SMILES string of the molecule is CC1(C)OB(c2ccc(C#CC3[C@H]4CN(CCOC5CCCCO5)C[C@@H]34)cc2)OC1(C)C. The Balaban J connectivity index is 1.06. The molecule has 5 rings (SSSR count). The minimum absolute atomic E-state index is 0.0238. The van der Waals surface area contributed by atoms with Gasteiger partial charge in [-0.1, -0.05) is 24.0 Å². The summed E-state index contributed by atoms with van der Waals surface area (Å²) in [6.45, 7) is 13.3. The number of hydrogen-bond donors (Lipinski definition) is 0. The summed E-state index contributed by atoms with van der Waals surface area (Å²) < 4.78 is 23.8. The van der Waals surface area contributed by atoms with Crippen LogP contribution in [0.5, 0.6) is 0 Å². The van der Waals surface area contributed by atoms with E-state index in [0.717, 1.165) is 62.1 Å². The highest BCUT2D eigenvalue weighted by atomic mass is 16.7. The molecule has 0 radical (unpaired) electrons. The maximum Gasteiger partial charge on any atom is 0.494 e. The van der Waals surface area contributed by atoms with E-state index in [4.69, 9.17) is 18.8 Å². The van der Waals surface area contributed by atoms with Gasteiger partial charge in [-0.25, -0.2) is 0 Å². The van der Waals surface area contributed by atoms with E-state index in [1.807, 2.05) is 0 Å². The quantitative estimate of drug-likeness (QED) is 0.523. The molecule has 32 heavy (non-hydrogen) atoms. The first-order valence-electron chi connectivity index (χ1n) is 12.3. The molecular weight excluding hydrogens is 401 g/mol. The van der Waals surface area contributed by atoms with Gasteiger partial charge in [0, 0.05) is 37.7 Å². The molecule has 0 bridgehead atoms. The minimum atomic E-state index is -0.316. The third-order valence-corrected chi connectivity index (χ3v) is 7.94. The van der Waals surface area contributed by atoms with Gasteiger partial charge in [0.2, 0.25) is 0 Å². The van der Waals surface area contributed by atoms with E-state index < -0.39 is 0 Å². The van der Waals surface area contributed by atoms with Crippen molar-refractivity contribution in [3.05, 3.63) is 29.8 Å². The highest BCUT2D eigenvalue weighted by molar-refractivity contribution is 6.62. The third-order valence-electron chi connectivity index (χ3n) is 7.94. The molecule has 6 heteroatoms. The lowest BCUT2D eigenvalue weighted by atomic mass is 9.79. The topological polar surface area (TPSA) is 40.2 Å². The summed E-state index contributed by atoms with van der Waals surface area (Å²) in [6, 6.07) is 8.33. The minimum Gasteiger partial charge on any atom is -0.399 e. The second kappa shape index (κ2) is 8.78. The molecule has 4 atom stereocenters. The standard InChI is InChI=1S/C26H36BNO4/c1-25(2)26(3,4)32-27(31-25)20-11-8-19(9-12-20)10-13-21-22-17-28(18-23(21)22)14-16-30-24-7-5-6-15-29-24/h8-9,11-12,21-24H,5-7,14-18H2,1-4H3/t21?,22-,23+,24?. The Hall–Kier alpha value is -1.36. The molecule has 2 unspecified atom stereocenters. The normalized spacial score (nSPS) is 32.9. The van der Waals surface area contributed by atoms with Crippen LogP contribution in [-0.4, -0.2) is 62.4 Å². The van der Waals surface area contributed by atoms with E-state index in [2.05, 4.69) is 68.7 Å². The number of ether oxygens (including phenoxy) is 2. The lowest BCUT2D eigenvalue weighted by Crippen LogP contribution is -2.41. The molecule has 3 saturated heterocycles. The maximum absolute atomic E-state index is 6.14. The molecule has 1 aromatic carbocycles. The lowest BCUT2D eigenvalue weighted by Gasteiger charge is -2.32. The van der Waals surface area contributed by atoms with Gasteiger partial charge in [-0.15, -0.1) is 0 Å². The van der Waals surface area contributed by atoms with E-state index in [1.54, 1.807) is 0 Å². The van der Waals surface area contributed by atoms with Crippen molar-refractivity contribution in [3.63, 3.8) is 0 Å². The fourth-order valence-corrected chi connectivity index (χ4v) is 5.04. The number of fused-ring (bicyclic) bond motifs is 1. The Morgan fingerprint density at radius 1 is 1.03 bits per heavy atom. The van der Waals surface area contributed by atoms with Gasteiger partial charge >= 0.3 is 7.12 Å². The van der Waals surface area contributed by atoms with Crippen LogP contribution in [0.4, 0.5) is 0 Å². The zero-order valence-corrected chi connectivity index (χ0v) is 19.9. The highest BCUT2D eigenvalue weighted by Crippen LogP contribution is 2.51. The van der Waals surface area contributed by atoms with Crippen molar-refractivity contribution < 1.29 is 18.8 Å². The number of likely N-dealkylation sites (tertiary alicyclic amines) is 1. The van der Waals surface area contributed by atoms with Crippen LogP contribution in [0.1, 0.15) is 52.5 Å². The molecule has 3 heterocycles. The van der Waals surface area contributed by atoms with E-state index in [1.165, 1.54) is 12.8 Å². The first-order valence-corrected chi connectivity index (χ1v) is 12.3. The van der Waals surface area contributed by atoms with Crippen LogP contribution in [0.15, 0.2) is 24.3 Å². The number of rotatable bonds is 5. The molecule has 1 saturated carbocycles. The molecule has 3 aliphatic heterocycles. The van der Waals surface area contributed by atoms with Crippen LogP contribution >= 0.6 is 0 Å². The van der Waals surface area contributed by atoms with Gasteiger partial charge in [0.25, 0.3) is 0 Å². The van der Waals surface area contributed by atoms with E-state index in [0.29, 0.717) is 5.92 Å². The van der Waals surface area contributed by atoms with Gasteiger partial charge in [0.15, 0.2) is 6.29 Å². The number of nitrogens with zero attached hydrogens (tertiary/aromatic N) is 1. The third kappa shape index (κ3) is 4.65. The predicted octanol–water partition coefficient (Wildman–Crippen LogP) is 3.06. The van der Waals surface area contributed by atoms with Gasteiger partial charge in [-0.05, 0) is 76.4 Å². The summed E-state index contributed by atoms with van der Waals surface area (Å²) in [4.78, 5) is 2.52. The first kappa shape index (κ1) is 22.4. The fourth-order valence-electron chi connectivity index (χ4n) is 5.04. The summed E-state index contributed by atoms with van der Waals surface area (Å²) >= 11 is 0. The van der Waals surface area contributed by atoms with Crippen LogP contribution < -0.4 is 5.46 Å². The Morgan fingerprint density at radius 3 is 2.34 bits per heavy atom. The monoisotopic (exact) mass is 437 g/mol. The van der Waals surface area contributed by atoms with Gasteiger partial charge in [0.1, 0.15) is 0 Å². The zero-order valence-electron chi connectivity index (χ0n) is 19.9. The molecule has 1 aliphatic carbocycles. The largest absolute Gasteiger partial charge is 0.494 e. The molecule has 4 fully saturated rings. The highest BCUT2D eigenvalue weighted by Gasteiger charge is 2.54. The summed E-state index contributed by atoms with van der Waals surface area (Å²) in [7, 11) is -0.315. The smallest absolute Gasteiger partial charge is 0.399 e. The van der Waals surface area contributed by atoms with Crippen molar-refractivity contribution in [2.24, 2.45) is 17.8 Å². The van der Waals surface area contributed by atoms with Crippen molar-refractivity contribution in [2.75, 3.05) is 32.8 Å². The maximum atomic E-state index is 6.14. The molecule has 0 amide bonds. The molecule has 0 N–H and O–H groups in total. The van der Waals surface area contributed by atoms with Crippen LogP contribution in [0.25, 0.3) is 0 Å². The van der Waals surface area contributed by atoms with Gasteiger partial charge in [-0.2, -0.15) is 0 Å². The Morgan fingerprint density at radius 2 is 1.72 bits per heavy atom. The second-order valence-corrected chi connectivity index (χ2v) is 10.8. The van der Waals surface area contributed by atoms with Gasteiger partial charge in [-0.3, -0.25) is 0 Å². The van der Waals surface area contributed by atoms with Crippen LogP contribution in [0.2, 0.25) is 0 Å². The second-order valence-electron chi connectivity index (χ2n) is 10.8. The van der Waals surface area contributed by atoms with Crippen molar-refractivity contribution in [1.82, 2.24) is 4.90 Å². The molecule has 0 aromatic heterocycles. The molecular formula is C26H36BNO4. The van der Waals surface area contributed by atoms with Crippen molar-refractivity contribution in [2.45, 2.75) is 64.4 Å². The lowest BCUT2D eigenvalue weighted by molar-refractivity contribution is -0.164. The average molecular weight is 437 g/mol. The van der Waals surface area contributed by atoms with Crippen LogP contribution in [-0.2, 0) is 18.8 Å². The van der Waals surface area contributed by atoms with Crippen molar-refractivity contribution >= 4 is 12.6 Å². The van der Waals surface area contributed by atoms with Crippen molar-refractivity contribution in [3.8, 4) is 11.8 Å². The summed E-state index contributed by atoms with van der Waals surface area (Å²) in [5.41, 5.74) is 1.48. The molecule has 5 nitrogen and oxygen atoms in total. The zero-order chi connectivity index (χ0) is 22.3. The molecule has 4 aliphatic rings. The first-order chi connectivity index (χ1) is 15.3. The van der Waals surface area contributed by atoms with Gasteiger partial charge < -0.3 is 23.7 Å². The molecule has 172 valence electrons. The van der Waals surface area contributed by atoms with Crippen LogP contribution in [0.3, 0.4) is 0 Å². The summed E-state index contributed by atoms with van der Waals surface area (Å²) in [5, 5.41) is 0. The van der Waals surface area contributed by atoms with Crippen LogP contribution in [0, 0.1) is 29.6 Å². The Kier molecular flexibility index (Phi) is 6.15. The van der Waals surface area contributed by atoms with Gasteiger partial charge in [0.05, 0.1) is 17.8 Å². The fraction of sp³-hybridized carbons (Fsp3) is 0.692. The average Bonchev–Trinajstić information content (AvgIpc) is 3.11. The Bertz CT molecular complexity index is 840. The molecule has 0 spiro atoms. The number of hydrogen-bond acceptors (Lipinski definition) is 5.